The van der Waals surface area contributed by atoms with Crippen molar-refractivity contribution in [1.82, 2.24) is 24.8 Å². The van der Waals surface area contributed by atoms with Crippen molar-refractivity contribution in [3.8, 4) is 5.82 Å². The molecular weight excluding hydrogens is 458 g/mol. The van der Waals surface area contributed by atoms with Gasteiger partial charge in [0, 0.05) is 38.3 Å². The molecule has 2 saturated heterocycles. The Balaban J connectivity index is 1.53. The van der Waals surface area contributed by atoms with Crippen LogP contribution in [0.25, 0.3) is 16.9 Å². The van der Waals surface area contributed by atoms with Crippen molar-refractivity contribution in [3.05, 3.63) is 36.2 Å². The van der Waals surface area contributed by atoms with E-state index in [4.69, 9.17) is 20.4 Å². The Morgan fingerprint density at radius 3 is 2.49 bits per heavy atom. The lowest BCUT2D eigenvalue weighted by atomic mass is 10.1. The molecule has 0 bridgehead atoms. The Morgan fingerprint density at radius 1 is 1.06 bits per heavy atom. The van der Waals surface area contributed by atoms with Crippen LogP contribution in [0, 0.1) is 0 Å². The first-order chi connectivity index (χ1) is 17.0. The van der Waals surface area contributed by atoms with Gasteiger partial charge in [-0.1, -0.05) is 12.1 Å². The second-order valence-corrected chi connectivity index (χ2v) is 8.61. The molecule has 0 unspecified atom stereocenters. The average Bonchev–Trinajstić information content (AvgIpc) is 3.29. The molecule has 3 N–H and O–H groups in total. The van der Waals surface area contributed by atoms with Gasteiger partial charge in [-0.05, 0) is 25.0 Å². The van der Waals surface area contributed by atoms with E-state index in [1.807, 2.05) is 4.90 Å². The summed E-state index contributed by atoms with van der Waals surface area (Å²) in [4.78, 5) is 29.5. The number of para-hydroxylation sites is 2. The highest BCUT2D eigenvalue weighted by Crippen LogP contribution is 2.30. The topological polar surface area (TPSA) is 114 Å². The fourth-order valence-electron chi connectivity index (χ4n) is 4.56. The van der Waals surface area contributed by atoms with Crippen LogP contribution in [0.3, 0.4) is 0 Å². The molecule has 1 amide bonds. The average molecular weight is 487 g/mol. The number of carbonyl (C=O) groups is 1. The van der Waals surface area contributed by atoms with Gasteiger partial charge in [-0.15, -0.1) is 0 Å². The van der Waals surface area contributed by atoms with Gasteiger partial charge in [-0.2, -0.15) is 9.97 Å². The summed E-state index contributed by atoms with van der Waals surface area (Å²) in [5.41, 5.74) is 6.45. The lowest BCUT2D eigenvalue weighted by Gasteiger charge is -2.34. The molecule has 2 aliphatic rings. The largest absolute Gasteiger partial charge is 0.378 e. The van der Waals surface area contributed by atoms with Crippen molar-refractivity contribution < 1.29 is 18.3 Å². The van der Waals surface area contributed by atoms with E-state index in [1.54, 1.807) is 30.3 Å². The number of alkyl halides is 2. The second-order valence-electron chi connectivity index (χ2n) is 8.61. The molecule has 0 aliphatic carbocycles. The summed E-state index contributed by atoms with van der Waals surface area (Å²) in [5.74, 6) is 0.935. The minimum absolute atomic E-state index is 0.0345. The standard InChI is InChI=1S/C23H28F2N8O2/c24-21(25)22-28-16-3-1-2-4-17(16)33(22)19-13-18(31-9-11-35-12-10-31)29-23(30-19)32-7-5-15(6-8-32)27-20(34)14-26/h1-4,13,15,21H,5-12,14,26H2,(H,27,34). The molecule has 2 aliphatic heterocycles. The monoisotopic (exact) mass is 486 g/mol. The summed E-state index contributed by atoms with van der Waals surface area (Å²) in [7, 11) is 0. The maximum Gasteiger partial charge on any atom is 0.296 e. The third kappa shape index (κ3) is 4.89. The molecular formula is C23H28F2N8O2. The first kappa shape index (κ1) is 23.4. The molecule has 0 radical (unpaired) electrons. The number of ether oxygens (including phenoxy) is 1. The minimum Gasteiger partial charge on any atom is -0.378 e. The Labute approximate surface area is 201 Å². The molecule has 0 atom stereocenters. The third-order valence-electron chi connectivity index (χ3n) is 6.36. The number of fused-ring (bicyclic) bond motifs is 1. The van der Waals surface area contributed by atoms with Gasteiger partial charge in [0.2, 0.25) is 11.9 Å². The number of halogens is 2. The molecule has 2 aromatic heterocycles. The smallest absolute Gasteiger partial charge is 0.296 e. The van der Waals surface area contributed by atoms with Gasteiger partial charge in [-0.3, -0.25) is 9.36 Å². The van der Waals surface area contributed by atoms with E-state index in [9.17, 15) is 13.6 Å². The van der Waals surface area contributed by atoms with E-state index in [1.165, 1.54) is 4.57 Å². The van der Waals surface area contributed by atoms with Crippen molar-refractivity contribution in [3.63, 3.8) is 0 Å². The molecule has 4 heterocycles. The van der Waals surface area contributed by atoms with Crippen molar-refractivity contribution in [2.45, 2.75) is 25.3 Å². The zero-order valence-electron chi connectivity index (χ0n) is 19.2. The number of anilines is 2. The SMILES string of the molecule is NCC(=O)NC1CCN(c2nc(N3CCOCC3)cc(-n3c(C(F)F)nc4ccccc43)n2)CC1. The molecule has 186 valence electrons. The molecule has 1 aromatic carbocycles. The molecule has 10 nitrogen and oxygen atoms in total. The van der Waals surface area contributed by atoms with Crippen molar-refractivity contribution in [2.24, 2.45) is 5.73 Å². The number of hydrogen-bond donors (Lipinski definition) is 2. The van der Waals surface area contributed by atoms with E-state index in [0.717, 1.165) is 0 Å². The minimum atomic E-state index is -2.77. The number of benzene rings is 1. The number of imidazole rings is 1. The van der Waals surface area contributed by atoms with E-state index < -0.39 is 6.43 Å². The number of hydrogen-bond acceptors (Lipinski definition) is 8. The first-order valence-corrected chi connectivity index (χ1v) is 11.8. The van der Waals surface area contributed by atoms with Crippen molar-refractivity contribution >= 4 is 28.7 Å². The molecule has 2 fully saturated rings. The molecule has 5 rings (SSSR count). The Kier molecular flexibility index (Phi) is 6.73. The Morgan fingerprint density at radius 2 is 1.77 bits per heavy atom. The lowest BCUT2D eigenvalue weighted by Crippen LogP contribution is -2.46. The number of aromatic nitrogens is 4. The second kappa shape index (κ2) is 10.1. The maximum absolute atomic E-state index is 14.0. The predicted octanol–water partition coefficient (Wildman–Crippen LogP) is 1.63. The van der Waals surface area contributed by atoms with Gasteiger partial charge in [0.1, 0.15) is 11.6 Å². The van der Waals surface area contributed by atoms with Gasteiger partial charge in [0.15, 0.2) is 5.82 Å². The highest BCUT2D eigenvalue weighted by Gasteiger charge is 2.26. The highest BCUT2D eigenvalue weighted by molar-refractivity contribution is 5.78. The van der Waals surface area contributed by atoms with Gasteiger partial charge >= 0.3 is 0 Å². The van der Waals surface area contributed by atoms with E-state index in [2.05, 4.69) is 15.2 Å². The molecule has 3 aromatic rings. The zero-order valence-corrected chi connectivity index (χ0v) is 19.2. The summed E-state index contributed by atoms with van der Waals surface area (Å²) in [6, 6.07) is 8.81. The quantitative estimate of drug-likeness (QED) is 0.541. The van der Waals surface area contributed by atoms with Gasteiger partial charge in [-0.25, -0.2) is 13.8 Å². The summed E-state index contributed by atoms with van der Waals surface area (Å²) < 4.78 is 35.0. The van der Waals surface area contributed by atoms with Crippen molar-refractivity contribution in [2.75, 3.05) is 55.7 Å². The number of rotatable bonds is 6. The molecule has 0 spiro atoms. The Bertz CT molecular complexity index is 1190. The van der Waals surface area contributed by atoms with Gasteiger partial charge in [0.25, 0.3) is 6.43 Å². The van der Waals surface area contributed by atoms with E-state index in [-0.39, 0.29) is 24.3 Å². The van der Waals surface area contributed by atoms with Gasteiger partial charge < -0.3 is 25.6 Å². The van der Waals surface area contributed by atoms with Crippen LogP contribution in [-0.4, -0.2) is 77.4 Å². The number of morpholine rings is 1. The molecule has 35 heavy (non-hydrogen) atoms. The molecule has 0 saturated carbocycles. The van der Waals surface area contributed by atoms with E-state index >= 15 is 0 Å². The fourth-order valence-corrected chi connectivity index (χ4v) is 4.56. The number of nitrogens with two attached hydrogens (primary N) is 1. The Hall–Kier alpha value is -3.38. The third-order valence-corrected chi connectivity index (χ3v) is 6.36. The molecule has 12 heteroatoms. The predicted molar refractivity (Wildman–Crippen MR) is 127 cm³/mol. The number of nitrogens with zero attached hydrogens (tertiary/aromatic N) is 6. The number of carbonyl (C=O) groups excluding carboxylic acids is 1. The maximum atomic E-state index is 14.0. The number of amides is 1. The number of piperidine rings is 1. The highest BCUT2D eigenvalue weighted by atomic mass is 19.3. The summed E-state index contributed by atoms with van der Waals surface area (Å²) in [5, 5.41) is 2.93. The van der Waals surface area contributed by atoms with Gasteiger partial charge in [0.05, 0.1) is 30.8 Å². The number of nitrogens with one attached hydrogen (secondary N) is 1. The van der Waals surface area contributed by atoms with E-state index in [0.29, 0.717) is 80.9 Å². The van der Waals surface area contributed by atoms with Crippen molar-refractivity contribution in [1.29, 1.82) is 0 Å². The van der Waals surface area contributed by atoms with Crippen LogP contribution < -0.4 is 20.9 Å². The van der Waals surface area contributed by atoms with Crippen LogP contribution in [-0.2, 0) is 9.53 Å². The zero-order chi connectivity index (χ0) is 24.4. The summed E-state index contributed by atoms with van der Waals surface area (Å²) in [6.45, 7) is 3.63. The van der Waals surface area contributed by atoms with Crippen LogP contribution in [0.15, 0.2) is 30.3 Å². The van der Waals surface area contributed by atoms with Crippen LogP contribution in [0.1, 0.15) is 25.1 Å². The first-order valence-electron chi connectivity index (χ1n) is 11.8. The van der Waals surface area contributed by atoms with Crippen LogP contribution in [0.4, 0.5) is 20.5 Å². The lowest BCUT2D eigenvalue weighted by molar-refractivity contribution is -0.120. The van der Waals surface area contributed by atoms with Crippen LogP contribution in [0.2, 0.25) is 0 Å². The normalized spacial score (nSPS) is 17.4. The van der Waals surface area contributed by atoms with Crippen LogP contribution in [0.5, 0.6) is 0 Å². The van der Waals surface area contributed by atoms with Crippen LogP contribution >= 0.6 is 0 Å². The fraction of sp³-hybridized carbons (Fsp3) is 0.478. The summed E-state index contributed by atoms with van der Waals surface area (Å²) >= 11 is 0. The summed E-state index contributed by atoms with van der Waals surface area (Å²) in [6.07, 6.45) is -1.35.